The molecule has 0 aromatic rings. The van der Waals surface area contributed by atoms with Crippen molar-refractivity contribution in [3.63, 3.8) is 0 Å². The lowest BCUT2D eigenvalue weighted by atomic mass is 9.90. The van der Waals surface area contributed by atoms with Crippen molar-refractivity contribution in [2.75, 3.05) is 45.9 Å². The van der Waals surface area contributed by atoms with E-state index in [-0.39, 0.29) is 0 Å². The molecular formula is C17H34N2O. The van der Waals surface area contributed by atoms with Crippen LogP contribution < -0.4 is 0 Å². The Balaban J connectivity index is 1.75. The normalized spacial score (nSPS) is 26.9. The van der Waals surface area contributed by atoms with Gasteiger partial charge in [0.05, 0.1) is 13.2 Å². The van der Waals surface area contributed by atoms with Crippen LogP contribution in [0.25, 0.3) is 0 Å². The lowest BCUT2D eigenvalue weighted by Gasteiger charge is -2.40. The SMILES string of the molecule is CC(C)(C)CCCN1CCCCC1CN1CCOCC1. The van der Waals surface area contributed by atoms with Gasteiger partial charge in [-0.15, -0.1) is 0 Å². The Bertz CT molecular complexity index is 269. The monoisotopic (exact) mass is 282 g/mol. The molecule has 2 heterocycles. The predicted molar refractivity (Wildman–Crippen MR) is 85.2 cm³/mol. The van der Waals surface area contributed by atoms with Gasteiger partial charge in [-0.3, -0.25) is 9.80 Å². The molecule has 0 bridgehead atoms. The lowest BCUT2D eigenvalue weighted by Crippen LogP contribution is -2.49. The second kappa shape index (κ2) is 7.77. The van der Waals surface area contributed by atoms with Crippen LogP contribution in [0.15, 0.2) is 0 Å². The number of hydrogen-bond acceptors (Lipinski definition) is 3. The maximum absolute atomic E-state index is 5.46. The van der Waals surface area contributed by atoms with Crippen LogP contribution >= 0.6 is 0 Å². The molecule has 2 rings (SSSR count). The Kier molecular flexibility index (Phi) is 6.31. The number of ether oxygens (including phenoxy) is 1. The molecule has 3 nitrogen and oxygen atoms in total. The molecule has 0 aliphatic carbocycles. The first kappa shape index (κ1) is 16.3. The summed E-state index contributed by atoms with van der Waals surface area (Å²) >= 11 is 0. The predicted octanol–water partition coefficient (Wildman–Crippen LogP) is 3.00. The summed E-state index contributed by atoms with van der Waals surface area (Å²) in [5.74, 6) is 0. The summed E-state index contributed by atoms with van der Waals surface area (Å²) in [5.41, 5.74) is 0.482. The number of nitrogens with zero attached hydrogens (tertiary/aromatic N) is 2. The molecule has 0 radical (unpaired) electrons. The van der Waals surface area contributed by atoms with E-state index in [1.54, 1.807) is 0 Å². The molecule has 1 atom stereocenters. The maximum atomic E-state index is 5.46. The third-order valence-corrected chi connectivity index (χ3v) is 4.69. The molecule has 1 unspecified atom stereocenters. The van der Waals surface area contributed by atoms with E-state index in [4.69, 9.17) is 4.74 Å². The Morgan fingerprint density at radius 1 is 1.05 bits per heavy atom. The van der Waals surface area contributed by atoms with Crippen molar-refractivity contribution in [1.29, 1.82) is 0 Å². The van der Waals surface area contributed by atoms with Gasteiger partial charge in [0.2, 0.25) is 0 Å². The van der Waals surface area contributed by atoms with Gasteiger partial charge in [0.1, 0.15) is 0 Å². The van der Waals surface area contributed by atoms with Gasteiger partial charge in [-0.05, 0) is 44.2 Å². The summed E-state index contributed by atoms with van der Waals surface area (Å²) in [6.07, 6.45) is 6.91. The van der Waals surface area contributed by atoms with Gasteiger partial charge < -0.3 is 4.74 Å². The van der Waals surface area contributed by atoms with Crippen molar-refractivity contribution in [1.82, 2.24) is 9.80 Å². The number of likely N-dealkylation sites (tertiary alicyclic amines) is 1. The Labute approximate surface area is 125 Å². The van der Waals surface area contributed by atoms with E-state index in [2.05, 4.69) is 30.6 Å². The summed E-state index contributed by atoms with van der Waals surface area (Å²) in [6, 6.07) is 0.793. The summed E-state index contributed by atoms with van der Waals surface area (Å²) in [7, 11) is 0. The summed E-state index contributed by atoms with van der Waals surface area (Å²) < 4.78 is 5.46. The van der Waals surface area contributed by atoms with Gasteiger partial charge >= 0.3 is 0 Å². The Morgan fingerprint density at radius 3 is 2.50 bits per heavy atom. The Hall–Kier alpha value is -0.120. The van der Waals surface area contributed by atoms with Gasteiger partial charge in [0.25, 0.3) is 0 Å². The van der Waals surface area contributed by atoms with Crippen LogP contribution in [0.3, 0.4) is 0 Å². The quantitative estimate of drug-likeness (QED) is 0.771. The maximum Gasteiger partial charge on any atom is 0.0594 e. The summed E-state index contributed by atoms with van der Waals surface area (Å²) in [4.78, 5) is 5.38. The van der Waals surface area contributed by atoms with Crippen molar-refractivity contribution >= 4 is 0 Å². The molecule has 3 heteroatoms. The van der Waals surface area contributed by atoms with Gasteiger partial charge in [-0.1, -0.05) is 27.2 Å². The molecule has 0 saturated carbocycles. The van der Waals surface area contributed by atoms with E-state index in [0.29, 0.717) is 5.41 Å². The fourth-order valence-corrected chi connectivity index (χ4v) is 3.46. The van der Waals surface area contributed by atoms with E-state index >= 15 is 0 Å². The molecule has 0 aromatic carbocycles. The van der Waals surface area contributed by atoms with Crippen LogP contribution in [0, 0.1) is 5.41 Å². The number of morpholine rings is 1. The Morgan fingerprint density at radius 2 is 1.80 bits per heavy atom. The fourth-order valence-electron chi connectivity index (χ4n) is 3.46. The molecule has 0 spiro atoms. The smallest absolute Gasteiger partial charge is 0.0594 e. The topological polar surface area (TPSA) is 15.7 Å². The number of piperidine rings is 1. The highest BCUT2D eigenvalue weighted by Gasteiger charge is 2.25. The van der Waals surface area contributed by atoms with Gasteiger partial charge in [0, 0.05) is 25.7 Å². The summed E-state index contributed by atoms with van der Waals surface area (Å²) in [5, 5.41) is 0. The van der Waals surface area contributed by atoms with Gasteiger partial charge in [-0.25, -0.2) is 0 Å². The third kappa shape index (κ3) is 5.71. The molecule has 2 aliphatic rings. The van der Waals surface area contributed by atoms with Crippen molar-refractivity contribution in [2.24, 2.45) is 5.41 Å². The highest BCUT2D eigenvalue weighted by Crippen LogP contribution is 2.23. The first-order valence-electron chi connectivity index (χ1n) is 8.59. The minimum Gasteiger partial charge on any atom is -0.379 e. The van der Waals surface area contributed by atoms with E-state index in [0.717, 1.165) is 32.3 Å². The first-order valence-corrected chi connectivity index (χ1v) is 8.59. The highest BCUT2D eigenvalue weighted by atomic mass is 16.5. The number of rotatable bonds is 5. The summed E-state index contributed by atoms with van der Waals surface area (Å²) in [6.45, 7) is 15.1. The molecule has 20 heavy (non-hydrogen) atoms. The molecule has 0 aromatic heterocycles. The van der Waals surface area contributed by atoms with Crippen LogP contribution in [-0.2, 0) is 4.74 Å². The van der Waals surface area contributed by atoms with E-state index < -0.39 is 0 Å². The number of hydrogen-bond donors (Lipinski definition) is 0. The van der Waals surface area contributed by atoms with Crippen molar-refractivity contribution in [3.05, 3.63) is 0 Å². The fraction of sp³-hybridized carbons (Fsp3) is 1.00. The second-order valence-electron chi connectivity index (χ2n) is 7.76. The van der Waals surface area contributed by atoms with Crippen LogP contribution in [0.4, 0.5) is 0 Å². The minimum atomic E-state index is 0.482. The second-order valence-corrected chi connectivity index (χ2v) is 7.76. The third-order valence-electron chi connectivity index (χ3n) is 4.69. The zero-order valence-electron chi connectivity index (χ0n) is 13.9. The molecule has 2 aliphatic heterocycles. The zero-order valence-corrected chi connectivity index (χ0v) is 13.9. The average Bonchev–Trinajstić information content (AvgIpc) is 2.40. The molecule has 2 saturated heterocycles. The van der Waals surface area contributed by atoms with Gasteiger partial charge in [-0.2, -0.15) is 0 Å². The minimum absolute atomic E-state index is 0.482. The first-order chi connectivity index (χ1) is 9.54. The van der Waals surface area contributed by atoms with Crippen LogP contribution in [0.2, 0.25) is 0 Å². The highest BCUT2D eigenvalue weighted by molar-refractivity contribution is 4.81. The van der Waals surface area contributed by atoms with Crippen LogP contribution in [0.1, 0.15) is 52.9 Å². The zero-order chi connectivity index (χ0) is 14.4. The molecule has 2 fully saturated rings. The molecule has 0 N–H and O–H groups in total. The standard InChI is InChI=1S/C17H34N2O/c1-17(2,3)8-6-10-19-9-5-4-7-16(19)15-18-11-13-20-14-12-18/h16H,4-15H2,1-3H3. The van der Waals surface area contributed by atoms with Crippen molar-refractivity contribution < 1.29 is 4.74 Å². The van der Waals surface area contributed by atoms with E-state index in [1.165, 1.54) is 51.7 Å². The van der Waals surface area contributed by atoms with Gasteiger partial charge in [0.15, 0.2) is 0 Å². The lowest BCUT2D eigenvalue weighted by molar-refractivity contribution is 0.0161. The van der Waals surface area contributed by atoms with Crippen LogP contribution in [-0.4, -0.2) is 61.8 Å². The van der Waals surface area contributed by atoms with Crippen molar-refractivity contribution in [3.8, 4) is 0 Å². The van der Waals surface area contributed by atoms with Crippen LogP contribution in [0.5, 0.6) is 0 Å². The van der Waals surface area contributed by atoms with Crippen molar-refractivity contribution in [2.45, 2.75) is 58.9 Å². The van der Waals surface area contributed by atoms with E-state index in [9.17, 15) is 0 Å². The average molecular weight is 282 g/mol. The molecule has 0 amide bonds. The molecular weight excluding hydrogens is 248 g/mol. The molecule has 118 valence electrons. The van der Waals surface area contributed by atoms with E-state index in [1.807, 2.05) is 0 Å². The largest absolute Gasteiger partial charge is 0.379 e.